The number of benzene rings is 2. The molecule has 0 aliphatic heterocycles. The molecule has 0 unspecified atom stereocenters. The fourth-order valence-electron chi connectivity index (χ4n) is 3.11. The van der Waals surface area contributed by atoms with Crippen LogP contribution in [0.2, 0.25) is 0 Å². The lowest BCUT2D eigenvalue weighted by Crippen LogP contribution is -2.23. The van der Waals surface area contributed by atoms with Gasteiger partial charge < -0.3 is 10.1 Å². The highest BCUT2D eigenvalue weighted by Crippen LogP contribution is 2.22. The molecule has 1 aromatic heterocycles. The van der Waals surface area contributed by atoms with Crippen LogP contribution in [0.4, 0.5) is 11.4 Å². The first-order valence-corrected chi connectivity index (χ1v) is 9.79. The van der Waals surface area contributed by atoms with E-state index in [1.54, 1.807) is 62.6 Å². The van der Waals surface area contributed by atoms with E-state index >= 15 is 0 Å². The maximum absolute atomic E-state index is 12.5. The SMILES string of the molecule is COc1ccc(C(=O)Nc2ccc(C(C)=NNC(=O)c3c([N+](=O)[O-])c(C)nn3C)cc2)cc1. The van der Waals surface area contributed by atoms with Crippen LogP contribution in [0.15, 0.2) is 53.6 Å². The first-order valence-electron chi connectivity index (χ1n) is 9.79. The quantitative estimate of drug-likeness (QED) is 0.322. The average Bonchev–Trinajstić information content (AvgIpc) is 3.11. The molecular weight excluding hydrogens is 428 g/mol. The Balaban J connectivity index is 1.67. The predicted molar refractivity (Wildman–Crippen MR) is 122 cm³/mol. The fraction of sp³-hybridized carbons (Fsp3) is 0.182. The molecule has 0 spiro atoms. The summed E-state index contributed by atoms with van der Waals surface area (Å²) in [6.45, 7) is 3.13. The number of methoxy groups -OCH3 is 1. The Bertz CT molecular complexity index is 1230. The van der Waals surface area contributed by atoms with Gasteiger partial charge in [-0.2, -0.15) is 10.2 Å². The second-order valence-corrected chi connectivity index (χ2v) is 7.06. The highest BCUT2D eigenvalue weighted by molar-refractivity contribution is 6.05. The van der Waals surface area contributed by atoms with E-state index in [4.69, 9.17) is 4.74 Å². The van der Waals surface area contributed by atoms with Gasteiger partial charge in [-0.25, -0.2) is 5.43 Å². The van der Waals surface area contributed by atoms with Gasteiger partial charge in [0.2, 0.25) is 5.69 Å². The second kappa shape index (κ2) is 9.73. The maximum atomic E-state index is 12.5. The van der Waals surface area contributed by atoms with E-state index in [-0.39, 0.29) is 23.0 Å². The van der Waals surface area contributed by atoms with Gasteiger partial charge in [-0.3, -0.25) is 24.4 Å². The van der Waals surface area contributed by atoms with Gasteiger partial charge in [-0.1, -0.05) is 12.1 Å². The number of nitrogens with zero attached hydrogens (tertiary/aromatic N) is 4. The van der Waals surface area contributed by atoms with E-state index in [0.717, 1.165) is 4.68 Å². The molecule has 0 bridgehead atoms. The molecule has 0 atom stereocenters. The van der Waals surface area contributed by atoms with Crippen molar-refractivity contribution >= 4 is 28.9 Å². The normalized spacial score (nSPS) is 11.1. The number of hydrogen-bond acceptors (Lipinski definition) is 7. The van der Waals surface area contributed by atoms with Crippen LogP contribution in [0.3, 0.4) is 0 Å². The number of carbonyl (C=O) groups is 2. The highest BCUT2D eigenvalue weighted by atomic mass is 16.6. The number of amides is 2. The van der Waals surface area contributed by atoms with Gasteiger partial charge in [-0.05, 0) is 55.8 Å². The monoisotopic (exact) mass is 450 g/mol. The number of aromatic nitrogens is 2. The van der Waals surface area contributed by atoms with E-state index in [1.807, 2.05) is 0 Å². The first-order chi connectivity index (χ1) is 15.7. The van der Waals surface area contributed by atoms with Gasteiger partial charge >= 0.3 is 5.69 Å². The number of aryl methyl sites for hydroxylation is 2. The summed E-state index contributed by atoms with van der Waals surface area (Å²) in [5.41, 5.74) is 4.14. The summed E-state index contributed by atoms with van der Waals surface area (Å²) in [6, 6.07) is 13.6. The molecule has 3 rings (SSSR count). The third-order valence-corrected chi connectivity index (χ3v) is 4.83. The lowest BCUT2D eigenvalue weighted by molar-refractivity contribution is -0.385. The molecule has 170 valence electrons. The number of rotatable bonds is 7. The standard InChI is InChI=1S/C22H22N6O5/c1-13(24-25-22(30)20-19(28(31)32)14(2)26-27(20)3)15-5-9-17(10-6-15)23-21(29)16-7-11-18(33-4)12-8-16/h5-12H,1-4H3,(H,23,29)(H,25,30). The molecule has 1 heterocycles. The second-order valence-electron chi connectivity index (χ2n) is 7.06. The summed E-state index contributed by atoms with van der Waals surface area (Å²) >= 11 is 0. The summed E-state index contributed by atoms with van der Waals surface area (Å²) in [4.78, 5) is 35.4. The molecule has 0 aliphatic rings. The number of carbonyl (C=O) groups excluding carboxylic acids is 2. The molecule has 2 aromatic carbocycles. The summed E-state index contributed by atoms with van der Waals surface area (Å²) in [7, 11) is 3.00. The number of nitrogens with one attached hydrogen (secondary N) is 2. The molecular formula is C22H22N6O5. The molecule has 0 saturated heterocycles. The number of ether oxygens (including phenoxy) is 1. The Morgan fingerprint density at radius 2 is 1.67 bits per heavy atom. The lowest BCUT2D eigenvalue weighted by Gasteiger charge is -2.08. The zero-order valence-electron chi connectivity index (χ0n) is 18.4. The van der Waals surface area contributed by atoms with Gasteiger partial charge in [0.05, 0.1) is 17.7 Å². The molecule has 11 heteroatoms. The largest absolute Gasteiger partial charge is 0.497 e. The average molecular weight is 450 g/mol. The Labute approximate surface area is 189 Å². The van der Waals surface area contributed by atoms with Crippen LogP contribution < -0.4 is 15.5 Å². The Morgan fingerprint density at radius 3 is 2.24 bits per heavy atom. The minimum absolute atomic E-state index is 0.139. The molecule has 0 aliphatic carbocycles. The van der Waals surface area contributed by atoms with Crippen LogP contribution in [-0.4, -0.2) is 39.3 Å². The number of hydrogen-bond donors (Lipinski definition) is 2. The Kier molecular flexibility index (Phi) is 6.82. The van der Waals surface area contributed by atoms with Crippen molar-refractivity contribution in [2.75, 3.05) is 12.4 Å². The van der Waals surface area contributed by atoms with Gasteiger partial charge in [0, 0.05) is 18.3 Å². The summed E-state index contributed by atoms with van der Waals surface area (Å²) in [6.07, 6.45) is 0. The molecule has 33 heavy (non-hydrogen) atoms. The molecule has 0 fully saturated rings. The van der Waals surface area contributed by atoms with Gasteiger partial charge in [0.25, 0.3) is 11.8 Å². The van der Waals surface area contributed by atoms with Crippen LogP contribution in [0.25, 0.3) is 0 Å². The zero-order chi connectivity index (χ0) is 24.1. The topological polar surface area (TPSA) is 141 Å². The van der Waals surface area contributed by atoms with Crippen molar-refractivity contribution in [2.24, 2.45) is 12.1 Å². The van der Waals surface area contributed by atoms with Crippen LogP contribution in [0.5, 0.6) is 5.75 Å². The van der Waals surface area contributed by atoms with Gasteiger partial charge in [0.15, 0.2) is 0 Å². The third-order valence-electron chi connectivity index (χ3n) is 4.83. The van der Waals surface area contributed by atoms with Gasteiger partial charge in [0.1, 0.15) is 11.4 Å². The molecule has 11 nitrogen and oxygen atoms in total. The van der Waals surface area contributed by atoms with Crippen LogP contribution >= 0.6 is 0 Å². The smallest absolute Gasteiger partial charge is 0.322 e. The number of nitro groups is 1. The predicted octanol–water partition coefficient (Wildman–Crippen LogP) is 3.05. The lowest BCUT2D eigenvalue weighted by atomic mass is 10.1. The van der Waals surface area contributed by atoms with Crippen molar-refractivity contribution < 1.29 is 19.2 Å². The highest BCUT2D eigenvalue weighted by Gasteiger charge is 2.29. The van der Waals surface area contributed by atoms with E-state index in [9.17, 15) is 19.7 Å². The number of anilines is 1. The van der Waals surface area contributed by atoms with Crippen LogP contribution in [0.1, 0.15) is 39.0 Å². The third kappa shape index (κ3) is 5.21. The van der Waals surface area contributed by atoms with Crippen LogP contribution in [0, 0.1) is 17.0 Å². The van der Waals surface area contributed by atoms with Crippen molar-refractivity contribution in [3.63, 3.8) is 0 Å². The molecule has 0 radical (unpaired) electrons. The van der Waals surface area contributed by atoms with Gasteiger partial charge in [-0.15, -0.1) is 0 Å². The van der Waals surface area contributed by atoms with Crippen molar-refractivity contribution in [3.05, 3.63) is 81.2 Å². The Hall–Kier alpha value is -4.54. The zero-order valence-corrected chi connectivity index (χ0v) is 18.4. The minimum atomic E-state index is -0.743. The van der Waals surface area contributed by atoms with E-state index in [1.165, 1.54) is 14.0 Å². The van der Waals surface area contributed by atoms with Crippen molar-refractivity contribution in [2.45, 2.75) is 13.8 Å². The van der Waals surface area contributed by atoms with Crippen LogP contribution in [-0.2, 0) is 7.05 Å². The molecule has 3 aromatic rings. The summed E-state index contributed by atoms with van der Waals surface area (Å²) in [5, 5.41) is 22.0. The molecule has 2 amide bonds. The van der Waals surface area contributed by atoms with Crippen molar-refractivity contribution in [3.8, 4) is 5.75 Å². The fourth-order valence-corrected chi connectivity index (χ4v) is 3.11. The minimum Gasteiger partial charge on any atom is -0.497 e. The van der Waals surface area contributed by atoms with E-state index in [2.05, 4.69) is 20.9 Å². The number of hydrazone groups is 1. The maximum Gasteiger partial charge on any atom is 0.322 e. The Morgan fingerprint density at radius 1 is 1.06 bits per heavy atom. The summed E-state index contributed by atoms with van der Waals surface area (Å²) in [5.74, 6) is -0.352. The van der Waals surface area contributed by atoms with Crippen molar-refractivity contribution in [1.29, 1.82) is 0 Å². The van der Waals surface area contributed by atoms with E-state index in [0.29, 0.717) is 28.3 Å². The molecule has 0 saturated carbocycles. The molecule has 2 N–H and O–H groups in total. The van der Waals surface area contributed by atoms with E-state index < -0.39 is 10.8 Å². The van der Waals surface area contributed by atoms with Crippen molar-refractivity contribution in [1.82, 2.24) is 15.2 Å². The summed E-state index contributed by atoms with van der Waals surface area (Å²) < 4.78 is 6.23. The first kappa shape index (κ1) is 23.1.